The monoisotopic (exact) mass is 300 g/mol. The van der Waals surface area contributed by atoms with Gasteiger partial charge in [-0.1, -0.05) is 34.8 Å². The fourth-order valence-corrected chi connectivity index (χ4v) is 2.61. The van der Waals surface area contributed by atoms with Gasteiger partial charge in [0.2, 0.25) is 5.91 Å². The van der Waals surface area contributed by atoms with Gasteiger partial charge in [0.25, 0.3) is 5.91 Å². The van der Waals surface area contributed by atoms with E-state index in [0.717, 1.165) is 11.3 Å². The summed E-state index contributed by atoms with van der Waals surface area (Å²) in [5.41, 5.74) is 4.92. The highest BCUT2D eigenvalue weighted by Crippen LogP contribution is 2.40. The van der Waals surface area contributed by atoms with Crippen molar-refractivity contribution in [1.29, 1.82) is 0 Å². The van der Waals surface area contributed by atoms with E-state index in [9.17, 15) is 9.59 Å². The van der Waals surface area contributed by atoms with Crippen LogP contribution in [0.25, 0.3) is 0 Å². The van der Waals surface area contributed by atoms with Crippen LogP contribution in [0.1, 0.15) is 16.1 Å². The van der Waals surface area contributed by atoms with Gasteiger partial charge in [-0.05, 0) is 0 Å². The summed E-state index contributed by atoms with van der Waals surface area (Å²) in [6.07, 6.45) is 0.0657. The van der Waals surface area contributed by atoms with Crippen molar-refractivity contribution in [3.05, 3.63) is 19.3 Å². The molecule has 0 saturated carbocycles. The molecule has 1 aromatic rings. The van der Waals surface area contributed by atoms with E-state index in [0.29, 0.717) is 0 Å². The van der Waals surface area contributed by atoms with Gasteiger partial charge in [0, 0.05) is 13.0 Å². The molecule has 8 heteroatoms. The van der Waals surface area contributed by atoms with Crippen molar-refractivity contribution in [2.45, 2.75) is 6.42 Å². The summed E-state index contributed by atoms with van der Waals surface area (Å²) in [5.74, 6) is -0.918. The Bertz CT molecular complexity index is 433. The molecular weight excluding hydrogens is 295 g/mol. The van der Waals surface area contributed by atoms with Gasteiger partial charge in [-0.3, -0.25) is 9.59 Å². The number of thiophene rings is 1. The van der Waals surface area contributed by atoms with Gasteiger partial charge in [0.1, 0.15) is 9.21 Å². The zero-order valence-electron chi connectivity index (χ0n) is 7.85. The molecule has 0 radical (unpaired) electrons. The summed E-state index contributed by atoms with van der Waals surface area (Å²) in [5, 5.41) is 2.76. The molecule has 0 aromatic carbocycles. The van der Waals surface area contributed by atoms with Crippen molar-refractivity contribution < 1.29 is 9.59 Å². The van der Waals surface area contributed by atoms with Gasteiger partial charge in [-0.2, -0.15) is 0 Å². The van der Waals surface area contributed by atoms with Crippen LogP contribution in [0.15, 0.2) is 0 Å². The van der Waals surface area contributed by atoms with Crippen molar-refractivity contribution in [3.8, 4) is 0 Å². The minimum Gasteiger partial charge on any atom is -0.370 e. The van der Waals surface area contributed by atoms with Crippen LogP contribution in [0, 0.1) is 0 Å². The van der Waals surface area contributed by atoms with E-state index in [4.69, 9.17) is 40.5 Å². The molecule has 0 saturated heterocycles. The van der Waals surface area contributed by atoms with E-state index in [1.807, 2.05) is 0 Å². The Kier molecular flexibility index (Phi) is 4.86. The van der Waals surface area contributed by atoms with Crippen LogP contribution >= 0.6 is 46.1 Å². The van der Waals surface area contributed by atoms with Crippen molar-refractivity contribution in [3.63, 3.8) is 0 Å². The molecule has 16 heavy (non-hydrogen) atoms. The van der Waals surface area contributed by atoms with Crippen LogP contribution in [0.2, 0.25) is 14.4 Å². The van der Waals surface area contributed by atoms with Gasteiger partial charge in [-0.25, -0.2) is 0 Å². The number of hydrogen-bond donors (Lipinski definition) is 2. The summed E-state index contributed by atoms with van der Waals surface area (Å²) in [6.45, 7) is 0.150. The third-order valence-electron chi connectivity index (χ3n) is 1.62. The number of nitrogens with two attached hydrogens (primary N) is 1. The van der Waals surface area contributed by atoms with E-state index < -0.39 is 11.8 Å². The number of carbonyl (C=O) groups excluding carboxylic acids is 2. The lowest BCUT2D eigenvalue weighted by molar-refractivity contribution is -0.117. The molecule has 3 N–H and O–H groups in total. The van der Waals surface area contributed by atoms with Gasteiger partial charge in [-0.15, -0.1) is 11.3 Å². The van der Waals surface area contributed by atoms with Gasteiger partial charge >= 0.3 is 0 Å². The highest BCUT2D eigenvalue weighted by Gasteiger charge is 2.19. The third-order valence-corrected chi connectivity index (χ3v) is 4.19. The number of hydrogen-bond acceptors (Lipinski definition) is 3. The molecule has 0 bridgehead atoms. The highest BCUT2D eigenvalue weighted by atomic mass is 35.5. The Hall–Kier alpha value is -0.490. The number of nitrogens with one attached hydrogen (secondary N) is 1. The van der Waals surface area contributed by atoms with Crippen molar-refractivity contribution >= 4 is 58.0 Å². The Labute approximate surface area is 111 Å². The Balaban J connectivity index is 2.66. The predicted octanol–water partition coefficient (Wildman–Crippen LogP) is 2.31. The first-order chi connectivity index (χ1) is 7.43. The Morgan fingerprint density at radius 2 is 1.88 bits per heavy atom. The molecule has 0 atom stereocenters. The topological polar surface area (TPSA) is 72.2 Å². The molecule has 1 aromatic heterocycles. The van der Waals surface area contributed by atoms with Crippen LogP contribution < -0.4 is 11.1 Å². The van der Waals surface area contributed by atoms with Crippen molar-refractivity contribution in [2.75, 3.05) is 6.54 Å². The van der Waals surface area contributed by atoms with Crippen LogP contribution in [0.5, 0.6) is 0 Å². The number of rotatable bonds is 4. The van der Waals surface area contributed by atoms with Gasteiger partial charge < -0.3 is 11.1 Å². The molecule has 2 amide bonds. The van der Waals surface area contributed by atoms with Crippen molar-refractivity contribution in [1.82, 2.24) is 5.32 Å². The first-order valence-electron chi connectivity index (χ1n) is 4.13. The maximum Gasteiger partial charge on any atom is 0.263 e. The van der Waals surface area contributed by atoms with Crippen LogP contribution in [0.3, 0.4) is 0 Å². The summed E-state index contributed by atoms with van der Waals surface area (Å²) in [6, 6.07) is 0. The minimum absolute atomic E-state index is 0.0657. The van der Waals surface area contributed by atoms with Gasteiger partial charge in [0.15, 0.2) is 0 Å². The molecule has 1 rings (SSSR count). The van der Waals surface area contributed by atoms with E-state index in [1.165, 1.54) is 0 Å². The fourth-order valence-electron chi connectivity index (χ4n) is 0.891. The lowest BCUT2D eigenvalue weighted by Crippen LogP contribution is -2.27. The Morgan fingerprint density at radius 3 is 2.31 bits per heavy atom. The second-order valence-corrected chi connectivity index (χ2v) is 5.18. The first kappa shape index (κ1) is 13.6. The molecule has 1 heterocycles. The molecule has 0 aliphatic carbocycles. The SMILES string of the molecule is NC(=O)CCNC(=O)c1sc(Cl)c(Cl)c1Cl. The molecule has 0 unspecified atom stereocenters. The second-order valence-electron chi connectivity index (χ2n) is 2.81. The lowest BCUT2D eigenvalue weighted by Gasteiger charge is -2.01. The van der Waals surface area contributed by atoms with E-state index in [-0.39, 0.29) is 32.2 Å². The Morgan fingerprint density at radius 1 is 1.25 bits per heavy atom. The van der Waals surface area contributed by atoms with E-state index in [1.54, 1.807) is 0 Å². The van der Waals surface area contributed by atoms with E-state index >= 15 is 0 Å². The molecule has 0 spiro atoms. The normalized spacial score (nSPS) is 10.2. The van der Waals surface area contributed by atoms with Crippen LogP contribution in [0.4, 0.5) is 0 Å². The number of carbonyl (C=O) groups is 2. The summed E-state index contributed by atoms with van der Waals surface area (Å²) in [7, 11) is 0. The standard InChI is InChI=1S/C8H7Cl3N2O2S/c9-4-5(10)7(11)16-6(4)8(15)13-2-1-3(12)14/h1-2H2,(H2,12,14)(H,13,15). The minimum atomic E-state index is -0.492. The molecule has 88 valence electrons. The summed E-state index contributed by atoms with van der Waals surface area (Å²) in [4.78, 5) is 22.2. The molecule has 0 fully saturated rings. The van der Waals surface area contributed by atoms with Crippen molar-refractivity contribution in [2.24, 2.45) is 5.73 Å². The number of halogens is 3. The highest BCUT2D eigenvalue weighted by molar-refractivity contribution is 7.19. The van der Waals surface area contributed by atoms with Crippen LogP contribution in [-0.4, -0.2) is 18.4 Å². The fraction of sp³-hybridized carbons (Fsp3) is 0.250. The average molecular weight is 302 g/mol. The molecule has 0 aliphatic heterocycles. The second kappa shape index (κ2) is 5.72. The quantitative estimate of drug-likeness (QED) is 0.896. The summed E-state index contributed by atoms with van der Waals surface area (Å²) < 4.78 is 0.256. The smallest absolute Gasteiger partial charge is 0.263 e. The molecule has 4 nitrogen and oxygen atoms in total. The van der Waals surface area contributed by atoms with Crippen LogP contribution in [-0.2, 0) is 4.79 Å². The third kappa shape index (κ3) is 3.25. The number of amides is 2. The maximum absolute atomic E-state index is 11.6. The molecule has 0 aliphatic rings. The number of primary amides is 1. The largest absolute Gasteiger partial charge is 0.370 e. The lowest BCUT2D eigenvalue weighted by atomic mass is 10.4. The summed E-state index contributed by atoms with van der Waals surface area (Å²) >= 11 is 18.2. The average Bonchev–Trinajstić information content (AvgIpc) is 2.45. The maximum atomic E-state index is 11.6. The first-order valence-corrected chi connectivity index (χ1v) is 6.08. The predicted molar refractivity (Wildman–Crippen MR) is 65.5 cm³/mol. The molecular formula is C8H7Cl3N2O2S. The van der Waals surface area contributed by atoms with Gasteiger partial charge in [0.05, 0.1) is 10.0 Å². The zero-order chi connectivity index (χ0) is 12.3. The van der Waals surface area contributed by atoms with E-state index in [2.05, 4.69) is 5.32 Å². The zero-order valence-corrected chi connectivity index (χ0v) is 10.9.